The lowest BCUT2D eigenvalue weighted by Gasteiger charge is -2.23. The van der Waals surface area contributed by atoms with Crippen LogP contribution in [0.4, 0.5) is 5.95 Å². The van der Waals surface area contributed by atoms with Crippen molar-refractivity contribution in [3.63, 3.8) is 0 Å². The molecule has 2 N–H and O–H groups in total. The van der Waals surface area contributed by atoms with Crippen LogP contribution in [0, 0.1) is 5.92 Å². The van der Waals surface area contributed by atoms with Crippen LogP contribution in [-0.2, 0) is 20.9 Å². The molecule has 0 bridgehead atoms. The molecule has 0 radical (unpaired) electrons. The van der Waals surface area contributed by atoms with E-state index in [4.69, 9.17) is 10.5 Å². The van der Waals surface area contributed by atoms with Gasteiger partial charge in [0.1, 0.15) is 19.4 Å². The molecule has 0 saturated heterocycles. The number of ether oxygens (including phenoxy) is 1. The van der Waals surface area contributed by atoms with Crippen LogP contribution in [0.3, 0.4) is 0 Å². The standard InChI is InChI=1S/C12H21N5O3/c1-4-20-11(19)7-16(5-9(2)3)10(18)6-17-8-14-12(13)15-17/h8-9H,4-7H2,1-3H3,(H2,13,15). The molecule has 0 atom stereocenters. The van der Waals surface area contributed by atoms with Gasteiger partial charge in [-0.2, -0.15) is 0 Å². The zero-order valence-electron chi connectivity index (χ0n) is 12.1. The first kappa shape index (κ1) is 15.9. The summed E-state index contributed by atoms with van der Waals surface area (Å²) in [6.07, 6.45) is 1.38. The molecular formula is C12H21N5O3. The Morgan fingerprint density at radius 3 is 2.70 bits per heavy atom. The minimum Gasteiger partial charge on any atom is -0.465 e. The smallest absolute Gasteiger partial charge is 0.325 e. The van der Waals surface area contributed by atoms with E-state index in [1.165, 1.54) is 15.9 Å². The van der Waals surface area contributed by atoms with Gasteiger partial charge in [0.25, 0.3) is 0 Å². The molecule has 20 heavy (non-hydrogen) atoms. The number of esters is 1. The van der Waals surface area contributed by atoms with Gasteiger partial charge in [0.05, 0.1) is 6.61 Å². The number of aromatic nitrogens is 3. The number of hydrogen-bond donors (Lipinski definition) is 1. The van der Waals surface area contributed by atoms with Crippen LogP contribution in [0.15, 0.2) is 6.33 Å². The van der Waals surface area contributed by atoms with Gasteiger partial charge in [-0.25, -0.2) is 9.67 Å². The van der Waals surface area contributed by atoms with Crippen molar-refractivity contribution < 1.29 is 14.3 Å². The monoisotopic (exact) mass is 283 g/mol. The van der Waals surface area contributed by atoms with Crippen LogP contribution in [0.2, 0.25) is 0 Å². The molecule has 1 aromatic heterocycles. The van der Waals surface area contributed by atoms with Crippen molar-refractivity contribution >= 4 is 17.8 Å². The molecular weight excluding hydrogens is 262 g/mol. The maximum Gasteiger partial charge on any atom is 0.325 e. The quantitative estimate of drug-likeness (QED) is 0.701. The van der Waals surface area contributed by atoms with Crippen molar-refractivity contribution in [1.29, 1.82) is 0 Å². The van der Waals surface area contributed by atoms with E-state index < -0.39 is 5.97 Å². The molecule has 0 aliphatic carbocycles. The number of carbonyl (C=O) groups is 2. The average molecular weight is 283 g/mol. The molecule has 0 unspecified atom stereocenters. The van der Waals surface area contributed by atoms with Crippen LogP contribution in [0.5, 0.6) is 0 Å². The summed E-state index contributed by atoms with van der Waals surface area (Å²) in [6.45, 7) is 6.37. The molecule has 1 aromatic rings. The molecule has 1 heterocycles. The number of rotatable bonds is 7. The fourth-order valence-electron chi connectivity index (χ4n) is 1.68. The second-order valence-electron chi connectivity index (χ2n) is 4.77. The molecule has 1 rings (SSSR count). The molecule has 1 amide bonds. The van der Waals surface area contributed by atoms with Crippen molar-refractivity contribution in [2.24, 2.45) is 5.92 Å². The average Bonchev–Trinajstić information content (AvgIpc) is 2.73. The predicted octanol–water partition coefficient (Wildman–Crippen LogP) is -0.0920. The maximum absolute atomic E-state index is 12.2. The van der Waals surface area contributed by atoms with Crippen LogP contribution in [-0.4, -0.2) is 51.2 Å². The molecule has 0 spiro atoms. The van der Waals surface area contributed by atoms with Gasteiger partial charge in [-0.1, -0.05) is 13.8 Å². The first-order valence-electron chi connectivity index (χ1n) is 6.50. The lowest BCUT2D eigenvalue weighted by molar-refractivity contribution is -0.149. The molecule has 0 aliphatic rings. The third-order valence-corrected chi connectivity index (χ3v) is 2.41. The van der Waals surface area contributed by atoms with Crippen molar-refractivity contribution in [1.82, 2.24) is 19.7 Å². The Hall–Kier alpha value is -2.12. The van der Waals surface area contributed by atoms with E-state index in [0.717, 1.165) is 0 Å². The Kier molecular flexibility index (Phi) is 5.95. The van der Waals surface area contributed by atoms with E-state index >= 15 is 0 Å². The van der Waals surface area contributed by atoms with Crippen molar-refractivity contribution in [3.8, 4) is 0 Å². The van der Waals surface area contributed by atoms with E-state index in [0.29, 0.717) is 13.2 Å². The number of anilines is 1. The Bertz CT molecular complexity index is 458. The molecule has 8 nitrogen and oxygen atoms in total. The van der Waals surface area contributed by atoms with Gasteiger partial charge >= 0.3 is 5.97 Å². The summed E-state index contributed by atoms with van der Waals surface area (Å²) in [4.78, 5) is 28.9. The van der Waals surface area contributed by atoms with Crippen LogP contribution < -0.4 is 5.73 Å². The number of nitrogen functional groups attached to an aromatic ring is 1. The maximum atomic E-state index is 12.2. The predicted molar refractivity (Wildman–Crippen MR) is 72.5 cm³/mol. The highest BCUT2D eigenvalue weighted by atomic mass is 16.5. The summed E-state index contributed by atoms with van der Waals surface area (Å²) in [5.74, 6) is -0.288. The minimum absolute atomic E-state index is 0.00365. The molecule has 0 saturated carbocycles. The van der Waals surface area contributed by atoms with Crippen LogP contribution in [0.25, 0.3) is 0 Å². The molecule has 0 fully saturated rings. The largest absolute Gasteiger partial charge is 0.465 e. The third kappa shape index (κ3) is 5.25. The molecule has 0 aliphatic heterocycles. The van der Waals surface area contributed by atoms with Crippen molar-refractivity contribution in [3.05, 3.63) is 6.33 Å². The van der Waals surface area contributed by atoms with Crippen LogP contribution in [0.1, 0.15) is 20.8 Å². The van der Waals surface area contributed by atoms with Gasteiger partial charge in [0.2, 0.25) is 11.9 Å². The van der Waals surface area contributed by atoms with Gasteiger partial charge in [-0.15, -0.1) is 5.10 Å². The van der Waals surface area contributed by atoms with E-state index in [-0.39, 0.29) is 30.9 Å². The zero-order valence-corrected chi connectivity index (χ0v) is 12.1. The summed E-state index contributed by atoms with van der Waals surface area (Å²) >= 11 is 0. The summed E-state index contributed by atoms with van der Waals surface area (Å²) in [5, 5.41) is 3.85. The number of amides is 1. The van der Waals surface area contributed by atoms with E-state index in [9.17, 15) is 9.59 Å². The highest BCUT2D eigenvalue weighted by molar-refractivity contribution is 5.81. The Balaban J connectivity index is 2.66. The topological polar surface area (TPSA) is 103 Å². The summed E-state index contributed by atoms with van der Waals surface area (Å²) in [7, 11) is 0. The summed E-state index contributed by atoms with van der Waals surface area (Å²) < 4.78 is 6.21. The highest BCUT2D eigenvalue weighted by Crippen LogP contribution is 2.02. The SMILES string of the molecule is CCOC(=O)CN(CC(C)C)C(=O)Cn1cnc(N)n1. The van der Waals surface area contributed by atoms with Crippen molar-refractivity contribution in [2.75, 3.05) is 25.4 Å². The van der Waals surface area contributed by atoms with Gasteiger partial charge in [0, 0.05) is 6.54 Å². The molecule has 8 heteroatoms. The zero-order chi connectivity index (χ0) is 15.1. The van der Waals surface area contributed by atoms with Crippen LogP contribution >= 0.6 is 0 Å². The second-order valence-corrected chi connectivity index (χ2v) is 4.77. The van der Waals surface area contributed by atoms with Gasteiger partial charge in [-0.3, -0.25) is 9.59 Å². The molecule has 112 valence electrons. The van der Waals surface area contributed by atoms with Crippen molar-refractivity contribution in [2.45, 2.75) is 27.3 Å². The number of nitrogens with zero attached hydrogens (tertiary/aromatic N) is 4. The highest BCUT2D eigenvalue weighted by Gasteiger charge is 2.19. The Labute approximate surface area is 117 Å². The first-order chi connectivity index (χ1) is 9.42. The van der Waals surface area contributed by atoms with E-state index in [1.807, 2.05) is 13.8 Å². The summed E-state index contributed by atoms with van der Waals surface area (Å²) in [5.41, 5.74) is 5.39. The Morgan fingerprint density at radius 2 is 2.20 bits per heavy atom. The fraction of sp³-hybridized carbons (Fsp3) is 0.667. The summed E-state index contributed by atoms with van der Waals surface area (Å²) in [6, 6.07) is 0. The lowest BCUT2D eigenvalue weighted by Crippen LogP contribution is -2.40. The first-order valence-corrected chi connectivity index (χ1v) is 6.50. The van der Waals surface area contributed by atoms with Gasteiger partial charge < -0.3 is 15.4 Å². The third-order valence-electron chi connectivity index (χ3n) is 2.41. The number of carbonyl (C=O) groups excluding carboxylic acids is 2. The number of hydrogen-bond acceptors (Lipinski definition) is 6. The number of nitrogens with two attached hydrogens (primary N) is 1. The normalized spacial score (nSPS) is 10.6. The van der Waals surface area contributed by atoms with Gasteiger partial charge in [-0.05, 0) is 12.8 Å². The fourth-order valence-corrected chi connectivity index (χ4v) is 1.68. The van der Waals surface area contributed by atoms with Gasteiger partial charge in [0.15, 0.2) is 0 Å². The second kappa shape index (κ2) is 7.46. The minimum atomic E-state index is -0.417. The Morgan fingerprint density at radius 1 is 1.50 bits per heavy atom. The lowest BCUT2D eigenvalue weighted by atomic mass is 10.2. The van der Waals surface area contributed by atoms with E-state index in [2.05, 4.69) is 10.1 Å². The molecule has 0 aromatic carbocycles. The van der Waals surface area contributed by atoms with E-state index in [1.54, 1.807) is 6.92 Å².